The van der Waals surface area contributed by atoms with Crippen molar-refractivity contribution in [3.8, 4) is 6.07 Å². The first-order valence-electron chi connectivity index (χ1n) is 3.39. The van der Waals surface area contributed by atoms with E-state index in [4.69, 9.17) is 15.1 Å². The molecule has 0 aromatic heterocycles. The molecule has 0 fully saturated rings. The molecule has 0 bridgehead atoms. The van der Waals surface area contributed by atoms with E-state index in [2.05, 4.69) is 0 Å². The largest absolute Gasteiger partial charge is 0.389 e. The summed E-state index contributed by atoms with van der Waals surface area (Å²) in [6.45, 7) is 4.19. The van der Waals surface area contributed by atoms with Gasteiger partial charge in [0.25, 0.3) is 0 Å². The van der Waals surface area contributed by atoms with Crippen LogP contribution in [0.5, 0.6) is 0 Å². The lowest BCUT2D eigenvalue weighted by atomic mass is 10.2. The Morgan fingerprint density at radius 3 is 2.70 bits per heavy atom. The van der Waals surface area contributed by atoms with Crippen LogP contribution in [0.1, 0.15) is 20.3 Å². The fraction of sp³-hybridized carbons (Fsp3) is 0.857. The molecule has 0 aliphatic rings. The summed E-state index contributed by atoms with van der Waals surface area (Å²) < 4.78 is 5.06. The quantitative estimate of drug-likeness (QED) is 0.629. The summed E-state index contributed by atoms with van der Waals surface area (Å²) in [5.74, 6) is 0. The first kappa shape index (κ1) is 9.41. The number of ether oxygens (including phenoxy) is 1. The van der Waals surface area contributed by atoms with Gasteiger partial charge in [-0.25, -0.2) is 0 Å². The van der Waals surface area contributed by atoms with Crippen LogP contribution in [0, 0.1) is 11.3 Å². The van der Waals surface area contributed by atoms with Gasteiger partial charge in [-0.1, -0.05) is 0 Å². The van der Waals surface area contributed by atoms with Gasteiger partial charge in [0.05, 0.1) is 24.7 Å². The van der Waals surface area contributed by atoms with Crippen LogP contribution in [-0.4, -0.2) is 23.9 Å². The highest BCUT2D eigenvalue weighted by molar-refractivity contribution is 4.78. The summed E-state index contributed by atoms with van der Waals surface area (Å²) in [5.41, 5.74) is 0. The van der Waals surface area contributed by atoms with Gasteiger partial charge in [-0.3, -0.25) is 0 Å². The van der Waals surface area contributed by atoms with Crippen LogP contribution in [0.25, 0.3) is 0 Å². The molecule has 1 N–H and O–H groups in total. The summed E-state index contributed by atoms with van der Waals surface area (Å²) in [6, 6.07) is 1.88. The van der Waals surface area contributed by atoms with Crippen molar-refractivity contribution in [3.63, 3.8) is 0 Å². The number of hydrogen-bond donors (Lipinski definition) is 1. The molecule has 0 aliphatic heterocycles. The van der Waals surface area contributed by atoms with Gasteiger partial charge in [0.1, 0.15) is 0 Å². The molecule has 0 aliphatic carbocycles. The number of rotatable bonds is 4. The van der Waals surface area contributed by atoms with Crippen molar-refractivity contribution in [2.45, 2.75) is 32.5 Å². The third-order valence-electron chi connectivity index (χ3n) is 1.27. The van der Waals surface area contributed by atoms with Crippen LogP contribution < -0.4 is 0 Å². The zero-order valence-electron chi connectivity index (χ0n) is 6.37. The average molecular weight is 143 g/mol. The summed E-state index contributed by atoms with van der Waals surface area (Å²) in [4.78, 5) is 0. The maximum Gasteiger partial charge on any atom is 0.0928 e. The highest BCUT2D eigenvalue weighted by Crippen LogP contribution is 2.01. The van der Waals surface area contributed by atoms with Crippen molar-refractivity contribution in [2.75, 3.05) is 6.61 Å². The molecular weight excluding hydrogens is 130 g/mol. The van der Waals surface area contributed by atoms with Gasteiger partial charge in [-0.05, 0) is 13.8 Å². The van der Waals surface area contributed by atoms with Crippen molar-refractivity contribution in [1.82, 2.24) is 0 Å². The van der Waals surface area contributed by atoms with E-state index in [0.717, 1.165) is 0 Å². The molecule has 0 aromatic carbocycles. The van der Waals surface area contributed by atoms with E-state index >= 15 is 0 Å². The Labute approximate surface area is 61.2 Å². The van der Waals surface area contributed by atoms with Crippen LogP contribution in [0.3, 0.4) is 0 Å². The minimum Gasteiger partial charge on any atom is -0.389 e. The molecule has 3 heteroatoms. The highest BCUT2D eigenvalue weighted by atomic mass is 16.5. The fourth-order valence-electron chi connectivity index (χ4n) is 0.633. The monoisotopic (exact) mass is 143 g/mol. The molecule has 2 atom stereocenters. The third kappa shape index (κ3) is 3.44. The van der Waals surface area contributed by atoms with Crippen molar-refractivity contribution in [2.24, 2.45) is 0 Å². The highest BCUT2D eigenvalue weighted by Gasteiger charge is 2.12. The van der Waals surface area contributed by atoms with Gasteiger partial charge < -0.3 is 9.84 Å². The fourth-order valence-corrected chi connectivity index (χ4v) is 0.633. The molecule has 58 valence electrons. The predicted molar refractivity (Wildman–Crippen MR) is 37.3 cm³/mol. The standard InChI is InChI=1S/C7H13NO2/c1-3-10-6(2)7(9)4-5-8/h6-7,9H,3-4H2,1-2H3. The van der Waals surface area contributed by atoms with Crippen LogP contribution in [0.4, 0.5) is 0 Å². The van der Waals surface area contributed by atoms with Gasteiger partial charge in [-0.15, -0.1) is 0 Å². The second-order valence-electron chi connectivity index (χ2n) is 2.09. The van der Waals surface area contributed by atoms with Crippen molar-refractivity contribution >= 4 is 0 Å². The molecule has 0 radical (unpaired) electrons. The van der Waals surface area contributed by atoms with Crippen LogP contribution in [-0.2, 0) is 4.74 Å². The smallest absolute Gasteiger partial charge is 0.0928 e. The molecular formula is C7H13NO2. The zero-order valence-corrected chi connectivity index (χ0v) is 6.37. The molecule has 0 saturated heterocycles. The van der Waals surface area contributed by atoms with Crippen LogP contribution in [0.15, 0.2) is 0 Å². The second kappa shape index (κ2) is 5.21. The Balaban J connectivity index is 3.50. The van der Waals surface area contributed by atoms with Gasteiger partial charge >= 0.3 is 0 Å². The zero-order chi connectivity index (χ0) is 7.98. The third-order valence-corrected chi connectivity index (χ3v) is 1.27. The van der Waals surface area contributed by atoms with E-state index < -0.39 is 6.10 Å². The minimum absolute atomic E-state index is 0.140. The summed E-state index contributed by atoms with van der Waals surface area (Å²) in [5, 5.41) is 17.3. The predicted octanol–water partition coefficient (Wildman–Crippen LogP) is 0.686. The number of hydrogen-bond acceptors (Lipinski definition) is 3. The Hall–Kier alpha value is -0.590. The van der Waals surface area contributed by atoms with E-state index in [9.17, 15) is 0 Å². The summed E-state index contributed by atoms with van der Waals surface area (Å²) in [7, 11) is 0. The molecule has 3 nitrogen and oxygen atoms in total. The SMILES string of the molecule is CCOC(C)C(O)CC#N. The topological polar surface area (TPSA) is 53.2 Å². The first-order valence-corrected chi connectivity index (χ1v) is 3.39. The minimum atomic E-state index is -0.648. The number of nitriles is 1. The van der Waals surface area contributed by atoms with Crippen LogP contribution >= 0.6 is 0 Å². The first-order chi connectivity index (χ1) is 4.72. The summed E-state index contributed by atoms with van der Waals surface area (Å²) >= 11 is 0. The van der Waals surface area contributed by atoms with E-state index in [1.807, 2.05) is 13.0 Å². The molecule has 0 spiro atoms. The lowest BCUT2D eigenvalue weighted by Crippen LogP contribution is -2.25. The molecule has 0 heterocycles. The van der Waals surface area contributed by atoms with E-state index in [1.165, 1.54) is 0 Å². The normalized spacial score (nSPS) is 15.8. The van der Waals surface area contributed by atoms with Crippen molar-refractivity contribution in [3.05, 3.63) is 0 Å². The van der Waals surface area contributed by atoms with Gasteiger partial charge in [0.15, 0.2) is 0 Å². The van der Waals surface area contributed by atoms with E-state index in [0.29, 0.717) is 6.61 Å². The molecule has 10 heavy (non-hydrogen) atoms. The lowest BCUT2D eigenvalue weighted by molar-refractivity contribution is -0.0189. The Kier molecular flexibility index (Phi) is 4.91. The molecule has 0 rings (SSSR count). The molecule has 2 unspecified atom stereocenters. The van der Waals surface area contributed by atoms with Gasteiger partial charge in [-0.2, -0.15) is 5.26 Å². The molecule has 0 aromatic rings. The molecule has 0 saturated carbocycles. The van der Waals surface area contributed by atoms with Gasteiger partial charge in [0, 0.05) is 6.61 Å². The maximum atomic E-state index is 9.10. The average Bonchev–Trinajstić information content (AvgIpc) is 1.89. The van der Waals surface area contributed by atoms with Crippen molar-refractivity contribution in [1.29, 1.82) is 5.26 Å². The van der Waals surface area contributed by atoms with Gasteiger partial charge in [0.2, 0.25) is 0 Å². The summed E-state index contributed by atoms with van der Waals surface area (Å²) in [6.07, 6.45) is -0.740. The number of aliphatic hydroxyl groups excluding tert-OH is 1. The van der Waals surface area contributed by atoms with Crippen LogP contribution in [0.2, 0.25) is 0 Å². The second-order valence-corrected chi connectivity index (χ2v) is 2.09. The maximum absolute atomic E-state index is 9.10. The Morgan fingerprint density at radius 1 is 1.70 bits per heavy atom. The lowest BCUT2D eigenvalue weighted by Gasteiger charge is -2.15. The van der Waals surface area contributed by atoms with E-state index in [-0.39, 0.29) is 12.5 Å². The van der Waals surface area contributed by atoms with Crippen molar-refractivity contribution < 1.29 is 9.84 Å². The Bertz CT molecular complexity index is 119. The number of nitrogens with zero attached hydrogens (tertiary/aromatic N) is 1. The molecule has 0 amide bonds. The number of aliphatic hydroxyl groups is 1. The van der Waals surface area contributed by atoms with E-state index in [1.54, 1.807) is 6.92 Å². The Morgan fingerprint density at radius 2 is 2.30 bits per heavy atom.